The van der Waals surface area contributed by atoms with Crippen LogP contribution in [0.2, 0.25) is 0 Å². The van der Waals surface area contributed by atoms with Crippen LogP contribution >= 0.6 is 0 Å². The van der Waals surface area contributed by atoms with Gasteiger partial charge in [0.1, 0.15) is 17.1 Å². The van der Waals surface area contributed by atoms with Gasteiger partial charge in [-0.2, -0.15) is 0 Å². The van der Waals surface area contributed by atoms with Crippen LogP contribution in [0.15, 0.2) is 66.9 Å². The third kappa shape index (κ3) is 3.79. The zero-order chi connectivity index (χ0) is 25.9. The summed E-state index contributed by atoms with van der Waals surface area (Å²) in [6, 6.07) is 18.1. The first-order valence-electron chi connectivity index (χ1n) is 13.2. The second-order valence-corrected chi connectivity index (χ2v) is 11.0. The first-order valence-corrected chi connectivity index (χ1v) is 13.2. The highest BCUT2D eigenvalue weighted by molar-refractivity contribution is 6.13. The van der Waals surface area contributed by atoms with Gasteiger partial charge in [0.05, 0.1) is 11.0 Å². The van der Waals surface area contributed by atoms with E-state index in [1.807, 2.05) is 30.3 Å². The molecule has 0 spiro atoms. The van der Waals surface area contributed by atoms with Crippen LogP contribution in [0.5, 0.6) is 0 Å². The summed E-state index contributed by atoms with van der Waals surface area (Å²) in [6.45, 7) is 0. The predicted octanol–water partition coefficient (Wildman–Crippen LogP) is 5.21. The predicted molar refractivity (Wildman–Crippen MR) is 143 cm³/mol. The lowest BCUT2D eigenvalue weighted by Crippen LogP contribution is -2.58. The van der Waals surface area contributed by atoms with E-state index < -0.39 is 5.41 Å². The molecular formula is C30H27N5O3. The highest BCUT2D eigenvalue weighted by Gasteiger charge is 2.60. The smallest absolute Gasteiger partial charge is 0.256 e. The van der Waals surface area contributed by atoms with Crippen LogP contribution in [-0.2, 0) is 9.59 Å². The summed E-state index contributed by atoms with van der Waals surface area (Å²) in [5, 5.41) is 5.82. The number of benzene rings is 2. The van der Waals surface area contributed by atoms with Crippen LogP contribution in [0.1, 0.15) is 42.5 Å². The number of H-pyrrole nitrogens is 1. The number of hydrogen-bond donors (Lipinski definition) is 3. The number of aromatic nitrogens is 3. The summed E-state index contributed by atoms with van der Waals surface area (Å²) >= 11 is 0. The fraction of sp³-hybridized carbons (Fsp3) is 0.300. The lowest BCUT2D eigenvalue weighted by atomic mass is 9.48. The van der Waals surface area contributed by atoms with Crippen LogP contribution < -0.4 is 10.6 Å². The Morgan fingerprint density at radius 2 is 1.71 bits per heavy atom. The normalized spacial score (nSPS) is 25.5. The average molecular weight is 506 g/mol. The van der Waals surface area contributed by atoms with Crippen molar-refractivity contribution in [1.29, 1.82) is 0 Å². The molecule has 4 fully saturated rings. The minimum Gasteiger partial charge on any atom is -0.338 e. The van der Waals surface area contributed by atoms with Crippen LogP contribution in [0.3, 0.4) is 0 Å². The molecule has 190 valence electrons. The van der Waals surface area contributed by atoms with Gasteiger partial charge in [-0.15, -0.1) is 0 Å². The number of imidazole rings is 1. The first-order chi connectivity index (χ1) is 18.5. The molecule has 3 N–H and O–H groups in total. The number of carbonyl (C=O) groups excluding carboxylic acids is 3. The van der Waals surface area contributed by atoms with E-state index in [2.05, 4.69) is 25.6 Å². The standard InChI is InChI=1S/C30H27N5O3/c36-26-21-12-17-11-18(13-21)16-30(26,15-17)29(38)32-22-7-4-19(5-8-22)27-33-23-9-6-20(14-24(23)34-27)28(37)35-25-3-1-2-10-31-25/h1-10,14,17-18,21H,11-13,15-16H2,(H,32,38)(H,33,34)(H,31,35,37)/t17-,18?,21?,30?/m0/s1. The number of carbonyl (C=O) groups is 3. The largest absolute Gasteiger partial charge is 0.338 e. The van der Waals surface area contributed by atoms with Gasteiger partial charge in [-0.25, -0.2) is 9.97 Å². The quantitative estimate of drug-likeness (QED) is 0.322. The molecule has 4 aliphatic rings. The Balaban J connectivity index is 1.07. The van der Waals surface area contributed by atoms with E-state index in [1.54, 1.807) is 36.5 Å². The molecule has 8 heteroatoms. The van der Waals surface area contributed by atoms with Crippen molar-refractivity contribution in [2.45, 2.75) is 32.1 Å². The molecular weight excluding hydrogens is 478 g/mol. The van der Waals surface area contributed by atoms with Crippen LogP contribution in [0.4, 0.5) is 11.5 Å². The molecule has 2 amide bonds. The number of nitrogens with zero attached hydrogens (tertiary/aromatic N) is 2. The number of nitrogens with one attached hydrogen (secondary N) is 3. The molecule has 38 heavy (non-hydrogen) atoms. The average Bonchev–Trinajstić information content (AvgIpc) is 3.35. The van der Waals surface area contributed by atoms with Crippen molar-refractivity contribution in [2.75, 3.05) is 10.6 Å². The summed E-state index contributed by atoms with van der Waals surface area (Å²) in [7, 11) is 0. The zero-order valence-electron chi connectivity index (χ0n) is 20.7. The minimum absolute atomic E-state index is 0.0732. The number of ketones is 1. The van der Waals surface area contributed by atoms with E-state index >= 15 is 0 Å². The van der Waals surface area contributed by atoms with E-state index in [9.17, 15) is 14.4 Å². The first kappa shape index (κ1) is 22.8. The highest BCUT2D eigenvalue weighted by Crippen LogP contribution is 2.58. The molecule has 3 unspecified atom stereocenters. The monoisotopic (exact) mass is 505 g/mol. The Bertz CT molecular complexity index is 1560. The second-order valence-electron chi connectivity index (χ2n) is 11.0. The van der Waals surface area contributed by atoms with Crippen molar-refractivity contribution in [3.8, 4) is 11.4 Å². The van der Waals surface area contributed by atoms with Gasteiger partial charge in [0, 0.05) is 28.9 Å². The summed E-state index contributed by atoms with van der Waals surface area (Å²) in [4.78, 5) is 51.2. The molecule has 8 rings (SSSR count). The zero-order valence-corrected chi connectivity index (χ0v) is 20.7. The number of fused-ring (bicyclic) bond motifs is 1. The molecule has 8 nitrogen and oxygen atoms in total. The van der Waals surface area contributed by atoms with Gasteiger partial charge in [-0.3, -0.25) is 14.4 Å². The van der Waals surface area contributed by atoms with E-state index in [4.69, 9.17) is 0 Å². The Kier molecular flexibility index (Phi) is 5.18. The van der Waals surface area contributed by atoms with E-state index in [-0.39, 0.29) is 23.5 Å². The Morgan fingerprint density at radius 3 is 2.45 bits per heavy atom. The molecule has 4 bridgehead atoms. The summed E-state index contributed by atoms with van der Waals surface area (Å²) in [6.07, 6.45) is 6.12. The SMILES string of the molecule is O=C(Nc1ccccn1)c1ccc2nc(-c3ccc(NC(=O)C45CC6CC(C[C@H](C6)C4)C5=O)cc3)[nH]c2c1. The Labute approximate surface area is 219 Å². The summed E-state index contributed by atoms with van der Waals surface area (Å²) < 4.78 is 0. The molecule has 0 saturated heterocycles. The number of aromatic amines is 1. The van der Waals surface area contributed by atoms with Gasteiger partial charge in [-0.1, -0.05) is 6.07 Å². The summed E-state index contributed by atoms with van der Waals surface area (Å²) in [5.41, 5.74) is 2.66. The van der Waals surface area contributed by atoms with Crippen molar-refractivity contribution < 1.29 is 14.4 Å². The highest BCUT2D eigenvalue weighted by atomic mass is 16.2. The van der Waals surface area contributed by atoms with Gasteiger partial charge >= 0.3 is 0 Å². The Hall–Kier alpha value is -4.33. The van der Waals surface area contributed by atoms with Crippen LogP contribution in [-0.4, -0.2) is 32.5 Å². The topological polar surface area (TPSA) is 117 Å². The van der Waals surface area contributed by atoms with E-state index in [0.717, 1.165) is 29.4 Å². The maximum absolute atomic E-state index is 13.4. The molecule has 4 aromatic rings. The van der Waals surface area contributed by atoms with Crippen LogP contribution in [0.25, 0.3) is 22.4 Å². The third-order valence-electron chi connectivity index (χ3n) is 8.52. The molecule has 4 atom stereocenters. The summed E-state index contributed by atoms with van der Waals surface area (Å²) in [5.74, 6) is 2.01. The van der Waals surface area contributed by atoms with Crippen molar-refractivity contribution in [3.63, 3.8) is 0 Å². The molecule has 4 aliphatic carbocycles. The second kappa shape index (κ2) is 8.62. The lowest BCUT2D eigenvalue weighted by Gasteiger charge is -2.54. The Morgan fingerprint density at radius 1 is 0.921 bits per heavy atom. The fourth-order valence-electron chi connectivity index (χ4n) is 6.95. The van der Waals surface area contributed by atoms with Gasteiger partial charge in [0.25, 0.3) is 5.91 Å². The number of hydrogen-bond acceptors (Lipinski definition) is 5. The fourth-order valence-corrected chi connectivity index (χ4v) is 6.95. The van der Waals surface area contributed by atoms with Crippen molar-refractivity contribution in [1.82, 2.24) is 15.0 Å². The number of anilines is 2. The van der Waals surface area contributed by atoms with Gasteiger partial charge in [0.2, 0.25) is 5.91 Å². The number of Topliss-reactive ketones (excluding diaryl/α,β-unsaturated/α-hetero) is 1. The van der Waals surface area contributed by atoms with Crippen molar-refractivity contribution in [3.05, 3.63) is 72.4 Å². The number of rotatable bonds is 5. The minimum atomic E-state index is -0.841. The maximum Gasteiger partial charge on any atom is 0.256 e. The molecule has 2 aromatic carbocycles. The molecule has 4 saturated carbocycles. The molecule has 2 heterocycles. The van der Waals surface area contributed by atoms with E-state index in [0.29, 0.717) is 47.6 Å². The van der Waals surface area contributed by atoms with Crippen LogP contribution in [0, 0.1) is 23.2 Å². The number of pyridine rings is 1. The van der Waals surface area contributed by atoms with Crippen molar-refractivity contribution >= 4 is 40.1 Å². The third-order valence-corrected chi connectivity index (χ3v) is 8.52. The maximum atomic E-state index is 13.4. The van der Waals surface area contributed by atoms with Gasteiger partial charge in [-0.05, 0) is 98.5 Å². The molecule has 0 aliphatic heterocycles. The van der Waals surface area contributed by atoms with Gasteiger partial charge < -0.3 is 15.6 Å². The number of amides is 2. The molecule has 2 aromatic heterocycles. The van der Waals surface area contributed by atoms with Crippen molar-refractivity contribution in [2.24, 2.45) is 23.2 Å². The van der Waals surface area contributed by atoms with E-state index in [1.165, 1.54) is 6.42 Å². The van der Waals surface area contributed by atoms with Gasteiger partial charge in [0.15, 0.2) is 5.78 Å². The lowest BCUT2D eigenvalue weighted by molar-refractivity contribution is -0.159. The molecule has 0 radical (unpaired) electrons.